The van der Waals surface area contributed by atoms with Gasteiger partial charge < -0.3 is 5.73 Å². The smallest absolute Gasteiger partial charge is 0.0319 e. The van der Waals surface area contributed by atoms with Crippen LogP contribution >= 0.6 is 0 Å². The van der Waals surface area contributed by atoms with E-state index in [4.69, 9.17) is 5.73 Å². The minimum absolute atomic E-state index is 0.832. The highest BCUT2D eigenvalue weighted by Gasteiger charge is 1.98. The number of aromatic nitrogens is 1. The van der Waals surface area contributed by atoms with Gasteiger partial charge >= 0.3 is 0 Å². The van der Waals surface area contributed by atoms with Crippen molar-refractivity contribution in [2.75, 3.05) is 5.73 Å². The number of anilines is 1. The van der Waals surface area contributed by atoms with E-state index in [0.29, 0.717) is 0 Å². The van der Waals surface area contributed by atoms with Gasteiger partial charge in [0.25, 0.3) is 0 Å². The van der Waals surface area contributed by atoms with E-state index in [2.05, 4.69) is 18.0 Å². The molecule has 0 aliphatic carbocycles. The first-order valence-electron chi connectivity index (χ1n) is 4.99. The molecule has 0 bridgehead atoms. The molecule has 1 heterocycles. The number of aryl methyl sites for hydroxylation is 1. The molecule has 2 heteroatoms. The maximum atomic E-state index is 5.80. The third kappa shape index (κ3) is 2.56. The lowest BCUT2D eigenvalue weighted by Crippen LogP contribution is -1.92. The SMILES string of the molecule is Cc1cc(N)cc(Cc2ccncc2)c1. The molecule has 2 rings (SSSR count). The zero-order valence-electron chi connectivity index (χ0n) is 8.77. The molecule has 0 amide bonds. The third-order valence-electron chi connectivity index (χ3n) is 2.32. The number of benzene rings is 1. The first kappa shape index (κ1) is 9.71. The van der Waals surface area contributed by atoms with Crippen molar-refractivity contribution < 1.29 is 0 Å². The topological polar surface area (TPSA) is 38.9 Å². The van der Waals surface area contributed by atoms with E-state index in [1.165, 1.54) is 16.7 Å². The molecule has 2 aromatic rings. The Labute approximate surface area is 89.8 Å². The number of rotatable bonds is 2. The molecule has 0 saturated carbocycles. The van der Waals surface area contributed by atoms with Crippen LogP contribution in [-0.4, -0.2) is 4.98 Å². The third-order valence-corrected chi connectivity index (χ3v) is 2.32. The van der Waals surface area contributed by atoms with Gasteiger partial charge in [-0.1, -0.05) is 6.07 Å². The normalized spacial score (nSPS) is 10.2. The molecule has 0 saturated heterocycles. The molecule has 0 radical (unpaired) electrons. The van der Waals surface area contributed by atoms with Gasteiger partial charge in [0.05, 0.1) is 0 Å². The van der Waals surface area contributed by atoms with Gasteiger partial charge in [-0.15, -0.1) is 0 Å². The molecule has 76 valence electrons. The second-order valence-electron chi connectivity index (χ2n) is 3.78. The molecular weight excluding hydrogens is 184 g/mol. The van der Waals surface area contributed by atoms with Crippen LogP contribution in [0.4, 0.5) is 5.69 Å². The maximum absolute atomic E-state index is 5.80. The minimum Gasteiger partial charge on any atom is -0.399 e. The molecule has 2 N–H and O–H groups in total. The molecule has 1 aromatic carbocycles. The van der Waals surface area contributed by atoms with E-state index in [0.717, 1.165) is 12.1 Å². The van der Waals surface area contributed by atoms with Crippen molar-refractivity contribution in [3.05, 3.63) is 59.4 Å². The quantitative estimate of drug-likeness (QED) is 0.753. The number of hydrogen-bond donors (Lipinski definition) is 1. The maximum Gasteiger partial charge on any atom is 0.0319 e. The molecule has 0 fully saturated rings. The number of hydrogen-bond acceptors (Lipinski definition) is 2. The van der Waals surface area contributed by atoms with Gasteiger partial charge in [-0.2, -0.15) is 0 Å². The van der Waals surface area contributed by atoms with Crippen LogP contribution in [0.3, 0.4) is 0 Å². The molecule has 15 heavy (non-hydrogen) atoms. The number of nitrogens with zero attached hydrogens (tertiary/aromatic N) is 1. The van der Waals surface area contributed by atoms with E-state index < -0.39 is 0 Å². The van der Waals surface area contributed by atoms with Gasteiger partial charge in [-0.3, -0.25) is 4.98 Å². The van der Waals surface area contributed by atoms with Gasteiger partial charge in [0, 0.05) is 18.1 Å². The minimum atomic E-state index is 0.832. The number of nitrogen functional groups attached to an aromatic ring is 1. The second kappa shape index (κ2) is 4.13. The van der Waals surface area contributed by atoms with Crippen LogP contribution in [0.5, 0.6) is 0 Å². The lowest BCUT2D eigenvalue weighted by molar-refractivity contribution is 1.16. The lowest BCUT2D eigenvalue weighted by atomic mass is 10.0. The van der Waals surface area contributed by atoms with Gasteiger partial charge in [-0.25, -0.2) is 0 Å². The highest BCUT2D eigenvalue weighted by molar-refractivity contribution is 5.45. The Morgan fingerprint density at radius 2 is 1.80 bits per heavy atom. The molecule has 1 aromatic heterocycles. The van der Waals surface area contributed by atoms with E-state index >= 15 is 0 Å². The van der Waals surface area contributed by atoms with Crippen molar-refractivity contribution in [3.8, 4) is 0 Å². The van der Waals surface area contributed by atoms with Gasteiger partial charge in [0.2, 0.25) is 0 Å². The molecule has 0 spiro atoms. The highest BCUT2D eigenvalue weighted by Crippen LogP contribution is 2.14. The summed E-state index contributed by atoms with van der Waals surface area (Å²) in [6.07, 6.45) is 4.54. The van der Waals surface area contributed by atoms with E-state index in [1.807, 2.05) is 36.7 Å². The van der Waals surface area contributed by atoms with Crippen LogP contribution in [0, 0.1) is 6.92 Å². The summed E-state index contributed by atoms with van der Waals surface area (Å²) in [5, 5.41) is 0. The van der Waals surface area contributed by atoms with E-state index in [9.17, 15) is 0 Å². The van der Waals surface area contributed by atoms with Gasteiger partial charge in [0.1, 0.15) is 0 Å². The van der Waals surface area contributed by atoms with Gasteiger partial charge in [0.15, 0.2) is 0 Å². The van der Waals surface area contributed by atoms with Crippen LogP contribution in [0.15, 0.2) is 42.7 Å². The average molecular weight is 198 g/mol. The molecule has 0 unspecified atom stereocenters. The molecule has 0 atom stereocenters. The summed E-state index contributed by atoms with van der Waals surface area (Å²) in [6.45, 7) is 2.06. The molecule has 0 aliphatic rings. The Morgan fingerprint density at radius 3 is 2.47 bits per heavy atom. The van der Waals surface area contributed by atoms with Crippen molar-refractivity contribution >= 4 is 5.69 Å². The summed E-state index contributed by atoms with van der Waals surface area (Å²) in [4.78, 5) is 4.00. The van der Waals surface area contributed by atoms with E-state index in [1.54, 1.807) is 0 Å². The van der Waals surface area contributed by atoms with Crippen LogP contribution < -0.4 is 5.73 Å². The van der Waals surface area contributed by atoms with Crippen molar-refractivity contribution in [2.45, 2.75) is 13.3 Å². The monoisotopic (exact) mass is 198 g/mol. The van der Waals surface area contributed by atoms with Crippen LogP contribution in [-0.2, 0) is 6.42 Å². The molecule has 0 aliphatic heterocycles. The summed E-state index contributed by atoms with van der Waals surface area (Å²) in [5.74, 6) is 0. The Morgan fingerprint density at radius 1 is 1.07 bits per heavy atom. The standard InChI is InChI=1S/C13H14N2/c1-10-6-12(9-13(14)7-10)8-11-2-4-15-5-3-11/h2-7,9H,8,14H2,1H3. The Kier molecular flexibility index (Phi) is 2.68. The Balaban J connectivity index is 2.25. The number of nitrogens with two attached hydrogens (primary N) is 1. The zero-order chi connectivity index (χ0) is 10.7. The Hall–Kier alpha value is -1.83. The Bertz CT molecular complexity index is 429. The first-order valence-corrected chi connectivity index (χ1v) is 4.99. The highest BCUT2D eigenvalue weighted by atomic mass is 14.6. The van der Waals surface area contributed by atoms with Crippen molar-refractivity contribution in [2.24, 2.45) is 0 Å². The lowest BCUT2D eigenvalue weighted by Gasteiger charge is -2.04. The fourth-order valence-corrected chi connectivity index (χ4v) is 1.73. The predicted octanol–water partition coefficient (Wildman–Crippen LogP) is 2.56. The number of pyridine rings is 1. The summed E-state index contributed by atoms with van der Waals surface area (Å²) >= 11 is 0. The van der Waals surface area contributed by atoms with Crippen LogP contribution in [0.25, 0.3) is 0 Å². The largest absolute Gasteiger partial charge is 0.399 e. The van der Waals surface area contributed by atoms with Crippen LogP contribution in [0.1, 0.15) is 16.7 Å². The second-order valence-corrected chi connectivity index (χ2v) is 3.78. The summed E-state index contributed by atoms with van der Waals surface area (Å²) in [6, 6.07) is 10.2. The first-order chi connectivity index (χ1) is 7.24. The van der Waals surface area contributed by atoms with Crippen LogP contribution in [0.2, 0.25) is 0 Å². The van der Waals surface area contributed by atoms with E-state index in [-0.39, 0.29) is 0 Å². The summed E-state index contributed by atoms with van der Waals surface area (Å²) in [5.41, 5.74) is 10.3. The fraction of sp³-hybridized carbons (Fsp3) is 0.154. The fourth-order valence-electron chi connectivity index (χ4n) is 1.73. The van der Waals surface area contributed by atoms with Gasteiger partial charge in [-0.05, 0) is 54.3 Å². The van der Waals surface area contributed by atoms with Crippen molar-refractivity contribution in [1.29, 1.82) is 0 Å². The molecular formula is C13H14N2. The summed E-state index contributed by atoms with van der Waals surface area (Å²) in [7, 11) is 0. The zero-order valence-corrected chi connectivity index (χ0v) is 8.77. The molecule has 2 nitrogen and oxygen atoms in total. The average Bonchev–Trinajstić information content (AvgIpc) is 2.17. The van der Waals surface area contributed by atoms with Crippen molar-refractivity contribution in [3.63, 3.8) is 0 Å². The van der Waals surface area contributed by atoms with Crippen molar-refractivity contribution in [1.82, 2.24) is 4.98 Å². The summed E-state index contributed by atoms with van der Waals surface area (Å²) < 4.78 is 0. The predicted molar refractivity (Wildman–Crippen MR) is 62.6 cm³/mol.